The summed E-state index contributed by atoms with van der Waals surface area (Å²) in [7, 11) is 1.64. The largest absolute Gasteiger partial charge is 0.373 e. The number of amides is 1. The van der Waals surface area contributed by atoms with Gasteiger partial charge < -0.3 is 10.6 Å². The van der Waals surface area contributed by atoms with E-state index in [0.717, 1.165) is 12.6 Å². The maximum Gasteiger partial charge on any atom is 0.300 e. The maximum absolute atomic E-state index is 12.1. The summed E-state index contributed by atoms with van der Waals surface area (Å²) in [6.45, 7) is 4.08. The number of nitrogens with one attached hydrogen (secondary N) is 2. The summed E-state index contributed by atoms with van der Waals surface area (Å²) in [5, 5.41) is 16.5. The number of aromatic nitrogens is 1. The molecule has 1 heterocycles. The molecule has 1 saturated carbocycles. The van der Waals surface area contributed by atoms with Gasteiger partial charge in [0.05, 0.1) is 4.92 Å². The molecule has 0 bridgehead atoms. The number of carbonyl (C=O) groups is 1. The molecular formula is C12H16N4O3. The minimum atomic E-state index is -0.598. The molecule has 1 amide bonds. The number of hydrogen-bond acceptors (Lipinski definition) is 5. The van der Waals surface area contributed by atoms with Gasteiger partial charge in [0.1, 0.15) is 17.6 Å². The molecule has 0 radical (unpaired) electrons. The van der Waals surface area contributed by atoms with E-state index in [9.17, 15) is 14.9 Å². The van der Waals surface area contributed by atoms with Crippen LogP contribution in [0, 0.1) is 15.5 Å². The zero-order valence-corrected chi connectivity index (χ0v) is 11.1. The molecule has 19 heavy (non-hydrogen) atoms. The fourth-order valence-electron chi connectivity index (χ4n) is 1.86. The van der Waals surface area contributed by atoms with Crippen molar-refractivity contribution in [3.63, 3.8) is 0 Å². The van der Waals surface area contributed by atoms with Crippen molar-refractivity contribution in [2.24, 2.45) is 5.41 Å². The second-order valence-electron chi connectivity index (χ2n) is 5.31. The topological polar surface area (TPSA) is 97.2 Å². The Hall–Kier alpha value is -2.18. The zero-order valence-electron chi connectivity index (χ0n) is 11.1. The molecule has 0 aromatic carbocycles. The number of nitro groups is 1. The summed E-state index contributed by atoms with van der Waals surface area (Å²) in [5.74, 6) is -0.00742. The minimum absolute atomic E-state index is 0.0343. The Balaban J connectivity index is 2.26. The first-order valence-corrected chi connectivity index (χ1v) is 5.98. The summed E-state index contributed by atoms with van der Waals surface area (Å²) in [5.41, 5.74) is -0.175. The molecule has 1 aliphatic rings. The Labute approximate surface area is 110 Å². The standard InChI is InChI=1S/C12H16N4O3/c1-12(2)5-9(12)15-11(17)7-4-10(13-3)14-6-8(7)16(18)19/h4,6,9H,5H2,1-3H3,(H,13,14)(H,15,17). The SMILES string of the molecule is CNc1cc(C(=O)NC2CC2(C)C)c([N+](=O)[O-])cn1. The first-order chi connectivity index (χ1) is 8.85. The van der Waals surface area contributed by atoms with Crippen LogP contribution in [0.3, 0.4) is 0 Å². The normalized spacial score (nSPS) is 19.6. The second-order valence-corrected chi connectivity index (χ2v) is 5.31. The van der Waals surface area contributed by atoms with Crippen LogP contribution in [0.5, 0.6) is 0 Å². The smallest absolute Gasteiger partial charge is 0.300 e. The number of rotatable bonds is 4. The molecule has 1 aliphatic carbocycles. The van der Waals surface area contributed by atoms with Gasteiger partial charge in [0.25, 0.3) is 11.6 Å². The van der Waals surface area contributed by atoms with Crippen molar-refractivity contribution in [2.45, 2.75) is 26.3 Å². The van der Waals surface area contributed by atoms with Gasteiger partial charge in [0, 0.05) is 19.2 Å². The van der Waals surface area contributed by atoms with Gasteiger partial charge in [-0.2, -0.15) is 0 Å². The van der Waals surface area contributed by atoms with Crippen molar-refractivity contribution in [1.29, 1.82) is 0 Å². The lowest BCUT2D eigenvalue weighted by Gasteiger charge is -2.08. The minimum Gasteiger partial charge on any atom is -0.373 e. The van der Waals surface area contributed by atoms with Crippen LogP contribution in [-0.2, 0) is 0 Å². The van der Waals surface area contributed by atoms with Gasteiger partial charge in [-0.1, -0.05) is 13.8 Å². The van der Waals surface area contributed by atoms with E-state index in [1.165, 1.54) is 6.07 Å². The van der Waals surface area contributed by atoms with Crippen LogP contribution < -0.4 is 10.6 Å². The highest BCUT2D eigenvalue weighted by Gasteiger charge is 2.47. The van der Waals surface area contributed by atoms with E-state index in [1.807, 2.05) is 13.8 Å². The van der Waals surface area contributed by atoms with Crippen LogP contribution in [0.25, 0.3) is 0 Å². The lowest BCUT2D eigenvalue weighted by Crippen LogP contribution is -2.29. The molecule has 102 valence electrons. The van der Waals surface area contributed by atoms with Gasteiger partial charge in [-0.3, -0.25) is 14.9 Å². The summed E-state index contributed by atoms with van der Waals surface area (Å²) in [4.78, 5) is 26.3. The monoisotopic (exact) mass is 264 g/mol. The average molecular weight is 264 g/mol. The third-order valence-corrected chi connectivity index (χ3v) is 3.40. The molecular weight excluding hydrogens is 248 g/mol. The number of carbonyl (C=O) groups excluding carboxylic acids is 1. The predicted molar refractivity (Wildman–Crippen MR) is 70.1 cm³/mol. The maximum atomic E-state index is 12.1. The van der Waals surface area contributed by atoms with Crippen molar-refractivity contribution in [3.8, 4) is 0 Å². The summed E-state index contributed by atoms with van der Waals surface area (Å²) >= 11 is 0. The van der Waals surface area contributed by atoms with E-state index in [0.29, 0.717) is 5.82 Å². The van der Waals surface area contributed by atoms with Crippen molar-refractivity contribution < 1.29 is 9.72 Å². The van der Waals surface area contributed by atoms with Gasteiger partial charge >= 0.3 is 0 Å². The third kappa shape index (κ3) is 2.64. The van der Waals surface area contributed by atoms with Crippen molar-refractivity contribution in [2.75, 3.05) is 12.4 Å². The predicted octanol–water partition coefficient (Wildman–Crippen LogP) is 1.56. The van der Waals surface area contributed by atoms with E-state index in [2.05, 4.69) is 15.6 Å². The first kappa shape index (κ1) is 13.3. The van der Waals surface area contributed by atoms with E-state index in [-0.39, 0.29) is 22.7 Å². The van der Waals surface area contributed by atoms with Crippen molar-refractivity contribution >= 4 is 17.4 Å². The molecule has 1 aromatic heterocycles. The first-order valence-electron chi connectivity index (χ1n) is 5.98. The van der Waals surface area contributed by atoms with E-state index < -0.39 is 10.8 Å². The molecule has 0 saturated heterocycles. The fraction of sp³-hybridized carbons (Fsp3) is 0.500. The molecule has 2 rings (SSSR count). The highest BCUT2D eigenvalue weighted by atomic mass is 16.6. The Morgan fingerprint density at radius 2 is 2.21 bits per heavy atom. The van der Waals surface area contributed by atoms with E-state index >= 15 is 0 Å². The lowest BCUT2D eigenvalue weighted by molar-refractivity contribution is -0.385. The van der Waals surface area contributed by atoms with Crippen LogP contribution in [0.4, 0.5) is 11.5 Å². The molecule has 1 fully saturated rings. The van der Waals surface area contributed by atoms with Gasteiger partial charge in [-0.15, -0.1) is 0 Å². The Bertz CT molecular complexity index is 542. The molecule has 0 aliphatic heterocycles. The number of nitrogens with zero attached hydrogens (tertiary/aromatic N) is 2. The molecule has 1 aromatic rings. The van der Waals surface area contributed by atoms with Crippen molar-refractivity contribution in [1.82, 2.24) is 10.3 Å². The van der Waals surface area contributed by atoms with Gasteiger partial charge in [-0.25, -0.2) is 4.98 Å². The molecule has 1 atom stereocenters. The van der Waals surface area contributed by atoms with Crippen LogP contribution in [0.2, 0.25) is 0 Å². The Morgan fingerprint density at radius 1 is 1.58 bits per heavy atom. The van der Waals surface area contributed by atoms with E-state index in [4.69, 9.17) is 0 Å². The molecule has 0 spiro atoms. The van der Waals surface area contributed by atoms with Gasteiger partial charge in [-0.05, 0) is 11.8 Å². The Kier molecular flexibility index (Phi) is 3.13. The summed E-state index contributed by atoms with van der Waals surface area (Å²) in [6, 6.07) is 1.47. The lowest BCUT2D eigenvalue weighted by atomic mass is 10.1. The van der Waals surface area contributed by atoms with Crippen LogP contribution in [0.1, 0.15) is 30.6 Å². The number of pyridine rings is 1. The van der Waals surface area contributed by atoms with E-state index in [1.54, 1.807) is 7.05 Å². The highest BCUT2D eigenvalue weighted by Crippen LogP contribution is 2.44. The summed E-state index contributed by atoms with van der Waals surface area (Å²) < 4.78 is 0. The number of hydrogen-bond donors (Lipinski definition) is 2. The van der Waals surface area contributed by atoms with Crippen molar-refractivity contribution in [3.05, 3.63) is 27.9 Å². The number of anilines is 1. The zero-order chi connectivity index (χ0) is 14.2. The van der Waals surface area contributed by atoms with Crippen LogP contribution in [0.15, 0.2) is 12.3 Å². The van der Waals surface area contributed by atoms with Gasteiger partial charge in [0.15, 0.2) is 0 Å². The average Bonchev–Trinajstić information content (AvgIpc) is 2.95. The van der Waals surface area contributed by atoms with Crippen LogP contribution >= 0.6 is 0 Å². The summed E-state index contributed by atoms with van der Waals surface area (Å²) in [6.07, 6.45) is 1.98. The molecule has 2 N–H and O–H groups in total. The van der Waals surface area contributed by atoms with Gasteiger partial charge in [0.2, 0.25) is 0 Å². The fourth-order valence-corrected chi connectivity index (χ4v) is 1.86. The third-order valence-electron chi connectivity index (χ3n) is 3.40. The van der Waals surface area contributed by atoms with Crippen LogP contribution in [-0.4, -0.2) is 28.9 Å². The molecule has 7 nitrogen and oxygen atoms in total. The second kappa shape index (κ2) is 4.49. The quantitative estimate of drug-likeness (QED) is 0.635. The molecule has 1 unspecified atom stereocenters. The molecule has 7 heteroatoms. The highest BCUT2D eigenvalue weighted by molar-refractivity contribution is 5.99. The Morgan fingerprint density at radius 3 is 2.68 bits per heavy atom.